The smallest absolute Gasteiger partial charge is 0.249 e. The maximum Gasteiger partial charge on any atom is 0.249 e. The zero-order chi connectivity index (χ0) is 5.91. The highest BCUT2D eigenvalue weighted by molar-refractivity contribution is 7.87. The Morgan fingerprint density at radius 1 is 1.71 bits per heavy atom. The first-order chi connectivity index (χ1) is 3.06. The van der Waals surface area contributed by atoms with Gasteiger partial charge in [0.2, 0.25) is 10.1 Å². The van der Waals surface area contributed by atoms with Gasteiger partial charge in [-0.05, 0) is 6.92 Å². The predicted octanol–water partition coefficient (Wildman–Crippen LogP) is 0.103. The van der Waals surface area contributed by atoms with Crippen LogP contribution < -0.4 is 0 Å². The van der Waals surface area contributed by atoms with Gasteiger partial charge in [0.05, 0.1) is 0 Å². The zero-order valence-corrected chi connectivity index (χ0v) is 4.73. The average Bonchev–Trinajstić information content (AvgIpc) is 1.30. The number of rotatable bonds is 2. The Morgan fingerprint density at radius 2 is 2.14 bits per heavy atom. The summed E-state index contributed by atoms with van der Waals surface area (Å²) in [7, 11) is -4.05. The molecule has 0 unspecified atom stereocenters. The molecular formula is C3H6O3S. The zero-order valence-electron chi connectivity index (χ0n) is 3.92. The maximum atomic E-state index is 9.62. The molecule has 0 spiro atoms. The fourth-order valence-electron chi connectivity index (χ4n) is 0.204. The molecule has 0 rings (SSSR count). The molecule has 0 amide bonds. The van der Waals surface area contributed by atoms with Crippen molar-refractivity contribution in [1.82, 2.24) is 0 Å². The summed E-state index contributed by atoms with van der Waals surface area (Å²) in [5.74, 6) is 0.729. The summed E-state index contributed by atoms with van der Waals surface area (Å²) >= 11 is 0. The molecule has 0 saturated carbocycles. The van der Waals surface area contributed by atoms with Crippen LogP contribution in [0.5, 0.6) is 0 Å². The van der Waals surface area contributed by atoms with Crippen molar-refractivity contribution in [3.05, 3.63) is 5.75 Å². The third-order valence-corrected chi connectivity index (χ3v) is 1.11. The first-order valence-electron chi connectivity index (χ1n) is 1.85. The summed E-state index contributed by atoms with van der Waals surface area (Å²) in [6.45, 7) is 1.59. The minimum Gasteiger partial charge on any atom is -0.711 e. The van der Waals surface area contributed by atoms with Crippen LogP contribution in [-0.2, 0) is 10.1 Å². The molecule has 0 N–H and O–H groups in total. The van der Waals surface area contributed by atoms with Crippen molar-refractivity contribution in [1.29, 1.82) is 0 Å². The lowest BCUT2D eigenvalue weighted by atomic mass is 10.6. The topological polar surface area (TPSA) is 57.2 Å². The van der Waals surface area contributed by atoms with Crippen molar-refractivity contribution in [2.24, 2.45) is 0 Å². The van der Waals surface area contributed by atoms with E-state index in [2.05, 4.69) is 0 Å². The second-order valence-corrected chi connectivity index (χ2v) is 2.39. The molecule has 42 valence electrons. The fourth-order valence-corrected chi connectivity index (χ4v) is 0.612. The highest BCUT2D eigenvalue weighted by Crippen LogP contribution is 1.91. The van der Waals surface area contributed by atoms with Crippen molar-refractivity contribution in [3.8, 4) is 0 Å². The lowest BCUT2D eigenvalue weighted by molar-refractivity contribution is 0.468. The normalized spacial score (nSPS) is 11.1. The van der Waals surface area contributed by atoms with Gasteiger partial charge in [-0.25, -0.2) is 0 Å². The van der Waals surface area contributed by atoms with E-state index in [1.165, 1.54) is 0 Å². The van der Waals surface area contributed by atoms with E-state index in [0.717, 1.165) is 5.75 Å². The second-order valence-electron chi connectivity index (χ2n) is 1.07. The Morgan fingerprint density at radius 3 is 2.14 bits per heavy atom. The van der Waals surface area contributed by atoms with Crippen LogP contribution in [0.2, 0.25) is 0 Å². The van der Waals surface area contributed by atoms with Gasteiger partial charge in [0.15, 0.2) is 5.75 Å². The van der Waals surface area contributed by atoms with Gasteiger partial charge in [0, 0.05) is 0 Å². The summed E-state index contributed by atoms with van der Waals surface area (Å²) in [6.07, 6.45) is 0.284. The van der Waals surface area contributed by atoms with Gasteiger partial charge in [-0.3, -0.25) is 0 Å². The molecule has 0 aliphatic carbocycles. The molecule has 0 aromatic heterocycles. The summed E-state index contributed by atoms with van der Waals surface area (Å²) in [5.41, 5.74) is 0. The van der Waals surface area contributed by atoms with Gasteiger partial charge in [-0.1, -0.05) is 0 Å². The third kappa shape index (κ3) is 5.78. The lowest BCUT2D eigenvalue weighted by Crippen LogP contribution is -1.95. The van der Waals surface area contributed by atoms with Crippen LogP contribution in [0.1, 0.15) is 13.3 Å². The molecule has 4 heteroatoms. The monoisotopic (exact) mass is 122 g/mol. The van der Waals surface area contributed by atoms with Crippen LogP contribution in [-0.4, -0.2) is 13.0 Å². The van der Waals surface area contributed by atoms with E-state index >= 15 is 0 Å². The maximum absolute atomic E-state index is 9.62. The standard InChI is InChI=1S/C3H6O3S/c1-2-3-7(4,5)6/h3H,2H2,1H3. The molecule has 3 nitrogen and oxygen atoms in total. The first kappa shape index (κ1) is 6.78. The molecule has 0 saturated heterocycles. The van der Waals surface area contributed by atoms with Crippen molar-refractivity contribution in [2.45, 2.75) is 13.3 Å². The van der Waals surface area contributed by atoms with E-state index in [9.17, 15) is 13.0 Å². The van der Waals surface area contributed by atoms with Gasteiger partial charge in [-0.15, -0.1) is 0 Å². The lowest BCUT2D eigenvalue weighted by Gasteiger charge is -1.90. The van der Waals surface area contributed by atoms with E-state index in [4.69, 9.17) is 0 Å². The molecule has 0 fully saturated rings. The van der Waals surface area contributed by atoms with Gasteiger partial charge < -0.3 is 4.55 Å². The van der Waals surface area contributed by atoms with E-state index in [1.54, 1.807) is 6.92 Å². The molecule has 0 atom stereocenters. The number of hydrogen-bond donors (Lipinski definition) is 0. The highest BCUT2D eigenvalue weighted by atomic mass is 32.2. The van der Waals surface area contributed by atoms with Gasteiger partial charge in [0.1, 0.15) is 6.42 Å². The summed E-state index contributed by atoms with van der Waals surface area (Å²) in [4.78, 5) is 0. The van der Waals surface area contributed by atoms with Crippen LogP contribution in [0, 0.1) is 5.75 Å². The van der Waals surface area contributed by atoms with Crippen molar-refractivity contribution < 1.29 is 13.0 Å². The minimum absolute atomic E-state index is 0.284. The second kappa shape index (κ2) is 2.18. The van der Waals surface area contributed by atoms with E-state index in [0.29, 0.717) is 0 Å². The molecule has 0 aliphatic heterocycles. The van der Waals surface area contributed by atoms with E-state index in [-0.39, 0.29) is 6.42 Å². The first-order valence-corrected chi connectivity index (χ1v) is 3.32. The minimum atomic E-state index is -4.05. The quantitative estimate of drug-likeness (QED) is 0.385. The van der Waals surface area contributed by atoms with Gasteiger partial charge in [0.25, 0.3) is 0 Å². The molecule has 0 bridgehead atoms. The molecular weight excluding hydrogens is 116 g/mol. The molecule has 0 radical (unpaired) electrons. The Kier molecular flexibility index (Phi) is 2.11. The Hall–Kier alpha value is -0.220. The van der Waals surface area contributed by atoms with Gasteiger partial charge in [-0.2, -0.15) is 8.42 Å². The molecule has 0 aliphatic rings. The summed E-state index contributed by atoms with van der Waals surface area (Å²) in [5, 5.41) is 0. The molecule has 7 heavy (non-hydrogen) atoms. The summed E-state index contributed by atoms with van der Waals surface area (Å²) in [6, 6.07) is 0. The van der Waals surface area contributed by atoms with E-state index < -0.39 is 10.1 Å². The van der Waals surface area contributed by atoms with Crippen LogP contribution in [0.15, 0.2) is 0 Å². The Balaban J connectivity index is 3.60. The van der Waals surface area contributed by atoms with Crippen LogP contribution in [0.3, 0.4) is 0 Å². The number of hydrogen-bond acceptors (Lipinski definition) is 3. The van der Waals surface area contributed by atoms with Crippen molar-refractivity contribution >= 4 is 10.1 Å². The fraction of sp³-hybridized carbons (Fsp3) is 0.667. The largest absolute Gasteiger partial charge is 0.711 e. The van der Waals surface area contributed by atoms with Crippen LogP contribution >= 0.6 is 0 Å². The Bertz CT molecular complexity index is 123. The van der Waals surface area contributed by atoms with Crippen molar-refractivity contribution in [3.63, 3.8) is 0 Å². The summed E-state index contributed by atoms with van der Waals surface area (Å²) < 4.78 is 28.9. The van der Waals surface area contributed by atoms with E-state index in [1.807, 2.05) is 0 Å². The van der Waals surface area contributed by atoms with Gasteiger partial charge >= 0.3 is 0 Å². The SMILES string of the molecule is CC[CH+]S(=O)(=O)[O-]. The molecule has 0 aromatic carbocycles. The highest BCUT2D eigenvalue weighted by Gasteiger charge is 2.00. The molecule has 0 heterocycles. The average molecular weight is 122 g/mol. The molecule has 0 aromatic rings. The Labute approximate surface area is 43.1 Å². The predicted molar refractivity (Wildman–Crippen MR) is 24.3 cm³/mol. The van der Waals surface area contributed by atoms with Crippen LogP contribution in [0.4, 0.5) is 0 Å². The third-order valence-electron chi connectivity index (χ3n) is 0.371. The van der Waals surface area contributed by atoms with Crippen LogP contribution in [0.25, 0.3) is 0 Å². The van der Waals surface area contributed by atoms with Crippen molar-refractivity contribution in [2.75, 3.05) is 0 Å².